The molecule has 1 atom stereocenters. The van der Waals surface area contributed by atoms with Gasteiger partial charge in [-0.25, -0.2) is 15.0 Å². The number of nitrogens with one attached hydrogen (secondary N) is 2. The Bertz CT molecular complexity index is 1600. The van der Waals surface area contributed by atoms with E-state index in [1.807, 2.05) is 44.2 Å². The zero-order valence-corrected chi connectivity index (χ0v) is 29.7. The quantitative estimate of drug-likeness (QED) is 0.101. The molecule has 1 unspecified atom stereocenters. The fraction of sp³-hybridized carbons (Fsp3) is 0.444. The molecule has 0 saturated carbocycles. The Balaban J connectivity index is 1.01. The maximum atomic E-state index is 12.9. The van der Waals surface area contributed by atoms with Gasteiger partial charge in [0.25, 0.3) is 5.91 Å². The van der Waals surface area contributed by atoms with Crippen molar-refractivity contribution >= 4 is 51.3 Å². The number of nitrogens with zero attached hydrogens (tertiary/aromatic N) is 5. The van der Waals surface area contributed by atoms with Crippen molar-refractivity contribution < 1.29 is 9.53 Å². The van der Waals surface area contributed by atoms with E-state index in [4.69, 9.17) is 27.1 Å². The van der Waals surface area contributed by atoms with Gasteiger partial charge in [-0.05, 0) is 69.0 Å². The highest BCUT2D eigenvalue weighted by atomic mass is 35.5. The van der Waals surface area contributed by atoms with Crippen LogP contribution in [0.15, 0.2) is 54.7 Å². The molecule has 0 radical (unpaired) electrons. The first-order valence-corrected chi connectivity index (χ1v) is 18.1. The predicted octanol–water partition coefficient (Wildman–Crippen LogP) is 7.76. The number of hydrogen-bond acceptors (Lipinski definition) is 10. The van der Waals surface area contributed by atoms with Crippen LogP contribution in [0.5, 0.6) is 5.75 Å². The number of thiazole rings is 1. The molecule has 1 aliphatic heterocycles. The molecule has 1 fully saturated rings. The normalized spacial score (nSPS) is 14.1. The van der Waals surface area contributed by atoms with Gasteiger partial charge < -0.3 is 26.0 Å². The Morgan fingerprint density at radius 3 is 2.56 bits per heavy atom. The highest BCUT2D eigenvalue weighted by Crippen LogP contribution is 2.29. The van der Waals surface area contributed by atoms with Crippen LogP contribution in [0.4, 0.5) is 22.5 Å². The maximum Gasteiger partial charge on any atom is 0.267 e. The van der Waals surface area contributed by atoms with Crippen LogP contribution in [0.1, 0.15) is 78.1 Å². The van der Waals surface area contributed by atoms with E-state index in [2.05, 4.69) is 49.5 Å². The molecule has 1 amide bonds. The standard InChI is InChI=1S/C36H47ClN8O2S/c1-4-10-30(38)27-13-15-28(16-14-27)47-22-8-6-5-7-17-44-18-20-45(21-19-44)33-23-32(40-26(3)41-33)42-36-39-24-31(48-36)35(46)43-34-25(2)11-9-12-29(34)37/h9,11-16,23-24,30H,4-8,10,17-22,38H2,1-3H3,(H,43,46)(H,39,40,41,42). The number of hydrogen-bond donors (Lipinski definition) is 3. The molecule has 1 aliphatic rings. The maximum absolute atomic E-state index is 12.9. The number of anilines is 4. The smallest absolute Gasteiger partial charge is 0.267 e. The topological polar surface area (TPSA) is 122 Å². The zero-order chi connectivity index (χ0) is 33.9. The average Bonchev–Trinajstić information content (AvgIpc) is 3.55. The number of carbonyl (C=O) groups is 1. The molecular formula is C36H47ClN8O2S. The Kier molecular flexibility index (Phi) is 13.0. The summed E-state index contributed by atoms with van der Waals surface area (Å²) in [6.07, 6.45) is 8.27. The van der Waals surface area contributed by atoms with Crippen LogP contribution in [0, 0.1) is 13.8 Å². The number of para-hydroxylation sites is 1. The summed E-state index contributed by atoms with van der Waals surface area (Å²) in [6.45, 7) is 11.6. The van der Waals surface area contributed by atoms with Crippen molar-refractivity contribution in [1.29, 1.82) is 0 Å². The van der Waals surface area contributed by atoms with E-state index in [0.717, 1.165) is 75.7 Å². The summed E-state index contributed by atoms with van der Waals surface area (Å²) in [5.41, 5.74) is 8.88. The molecule has 0 aliphatic carbocycles. The van der Waals surface area contributed by atoms with Crippen LogP contribution < -0.4 is 26.0 Å². The molecule has 2 aromatic carbocycles. The van der Waals surface area contributed by atoms with Crippen LogP contribution in [-0.2, 0) is 0 Å². The van der Waals surface area contributed by atoms with Crippen molar-refractivity contribution in [3.8, 4) is 5.75 Å². The molecule has 10 nitrogen and oxygen atoms in total. The number of aromatic nitrogens is 3. The average molecular weight is 691 g/mol. The number of benzene rings is 2. The molecule has 2 aromatic heterocycles. The molecule has 5 rings (SSSR count). The molecule has 12 heteroatoms. The van der Waals surface area contributed by atoms with Gasteiger partial charge in [0, 0.05) is 38.3 Å². The second-order valence-corrected chi connectivity index (χ2v) is 13.7. The van der Waals surface area contributed by atoms with E-state index < -0.39 is 0 Å². The second kappa shape index (κ2) is 17.6. The van der Waals surface area contributed by atoms with Crippen LogP contribution in [0.25, 0.3) is 0 Å². The summed E-state index contributed by atoms with van der Waals surface area (Å²) in [7, 11) is 0. The number of amides is 1. The first-order chi connectivity index (χ1) is 23.3. The SMILES string of the molecule is CCCC(N)c1ccc(OCCCCCCN2CCN(c3cc(Nc4ncc(C(=O)Nc5c(C)cccc5Cl)s4)nc(C)n3)CC2)cc1. The zero-order valence-electron chi connectivity index (χ0n) is 28.2. The summed E-state index contributed by atoms with van der Waals surface area (Å²) in [4.78, 5) is 31.9. The number of rotatable bonds is 16. The van der Waals surface area contributed by atoms with E-state index in [-0.39, 0.29) is 11.9 Å². The van der Waals surface area contributed by atoms with Gasteiger partial charge in [-0.2, -0.15) is 0 Å². The Morgan fingerprint density at radius 1 is 1.04 bits per heavy atom. The van der Waals surface area contributed by atoms with Crippen molar-refractivity contribution in [1.82, 2.24) is 19.9 Å². The fourth-order valence-corrected chi connectivity index (χ4v) is 6.75. The predicted molar refractivity (Wildman–Crippen MR) is 197 cm³/mol. The highest BCUT2D eigenvalue weighted by Gasteiger charge is 2.20. The van der Waals surface area contributed by atoms with E-state index >= 15 is 0 Å². The van der Waals surface area contributed by atoms with E-state index in [1.165, 1.54) is 36.2 Å². The van der Waals surface area contributed by atoms with Crippen LogP contribution in [0.2, 0.25) is 5.02 Å². The first kappa shape index (κ1) is 35.5. The molecule has 256 valence electrons. The van der Waals surface area contributed by atoms with Gasteiger partial charge in [0.1, 0.15) is 28.1 Å². The van der Waals surface area contributed by atoms with Gasteiger partial charge in [0.15, 0.2) is 5.13 Å². The minimum Gasteiger partial charge on any atom is -0.494 e. The number of piperazine rings is 1. The lowest BCUT2D eigenvalue weighted by molar-refractivity contribution is 0.103. The van der Waals surface area contributed by atoms with Gasteiger partial charge in [-0.15, -0.1) is 0 Å². The molecule has 0 bridgehead atoms. The first-order valence-electron chi connectivity index (χ1n) is 16.9. The number of ether oxygens (including phenoxy) is 1. The second-order valence-electron chi connectivity index (χ2n) is 12.3. The number of aryl methyl sites for hydroxylation is 2. The monoisotopic (exact) mass is 690 g/mol. The summed E-state index contributed by atoms with van der Waals surface area (Å²) in [5.74, 6) is 2.89. The lowest BCUT2D eigenvalue weighted by Crippen LogP contribution is -2.47. The number of carbonyl (C=O) groups excluding carboxylic acids is 1. The molecule has 3 heterocycles. The van der Waals surface area contributed by atoms with E-state index in [9.17, 15) is 4.79 Å². The Hall–Kier alpha value is -3.77. The Morgan fingerprint density at radius 2 is 1.81 bits per heavy atom. The van der Waals surface area contributed by atoms with Crippen molar-refractivity contribution in [3.05, 3.63) is 81.6 Å². The van der Waals surface area contributed by atoms with Crippen LogP contribution in [0.3, 0.4) is 0 Å². The molecule has 0 spiro atoms. The number of halogens is 1. The molecule has 48 heavy (non-hydrogen) atoms. The third kappa shape index (κ3) is 10.1. The van der Waals surface area contributed by atoms with Crippen molar-refractivity contribution in [2.45, 2.75) is 65.3 Å². The lowest BCUT2D eigenvalue weighted by atomic mass is 10.0. The van der Waals surface area contributed by atoms with Gasteiger partial charge in [0.05, 0.1) is 23.5 Å². The van der Waals surface area contributed by atoms with E-state index in [0.29, 0.717) is 32.4 Å². The van der Waals surface area contributed by atoms with Gasteiger partial charge in [0.2, 0.25) is 0 Å². The van der Waals surface area contributed by atoms with Crippen molar-refractivity contribution in [2.75, 3.05) is 54.9 Å². The minimum absolute atomic E-state index is 0.109. The van der Waals surface area contributed by atoms with Crippen molar-refractivity contribution in [2.24, 2.45) is 5.73 Å². The molecule has 4 N–H and O–H groups in total. The summed E-state index contributed by atoms with van der Waals surface area (Å²) < 4.78 is 5.94. The van der Waals surface area contributed by atoms with E-state index in [1.54, 1.807) is 12.3 Å². The number of nitrogens with two attached hydrogens (primary N) is 1. The Labute approximate surface area is 293 Å². The van der Waals surface area contributed by atoms with Crippen LogP contribution >= 0.6 is 22.9 Å². The summed E-state index contributed by atoms with van der Waals surface area (Å²) >= 11 is 7.54. The number of unbranched alkanes of at least 4 members (excludes halogenated alkanes) is 3. The van der Waals surface area contributed by atoms with Crippen molar-refractivity contribution in [3.63, 3.8) is 0 Å². The lowest BCUT2D eigenvalue weighted by Gasteiger charge is -2.35. The highest BCUT2D eigenvalue weighted by molar-refractivity contribution is 7.17. The summed E-state index contributed by atoms with van der Waals surface area (Å²) in [6, 6.07) is 15.8. The van der Waals surface area contributed by atoms with Gasteiger partial charge in [-0.1, -0.05) is 73.4 Å². The fourth-order valence-electron chi connectivity index (χ4n) is 5.76. The third-order valence-corrected chi connectivity index (χ3v) is 9.72. The molecule has 1 saturated heterocycles. The van der Waals surface area contributed by atoms with Gasteiger partial charge in [-0.3, -0.25) is 9.69 Å². The summed E-state index contributed by atoms with van der Waals surface area (Å²) in [5, 5.41) is 7.24. The van der Waals surface area contributed by atoms with Gasteiger partial charge >= 0.3 is 0 Å². The minimum atomic E-state index is -0.256. The molecular weight excluding hydrogens is 644 g/mol. The third-order valence-electron chi connectivity index (χ3n) is 8.49. The van der Waals surface area contributed by atoms with Crippen LogP contribution in [-0.4, -0.2) is 65.1 Å². The molecule has 4 aromatic rings. The largest absolute Gasteiger partial charge is 0.494 e.